The fourth-order valence-corrected chi connectivity index (χ4v) is 5.41. The third-order valence-electron chi connectivity index (χ3n) is 6.99. The second-order valence-electron chi connectivity index (χ2n) is 8.86. The van der Waals surface area contributed by atoms with Crippen molar-refractivity contribution in [3.8, 4) is 5.88 Å². The molecule has 0 unspecified atom stereocenters. The second kappa shape index (κ2) is 9.88. The van der Waals surface area contributed by atoms with E-state index >= 15 is 0 Å². The molecule has 2 bridgehead atoms. The van der Waals surface area contributed by atoms with Crippen LogP contribution in [0.15, 0.2) is 54.7 Å². The summed E-state index contributed by atoms with van der Waals surface area (Å²) < 4.78 is 17.7. The minimum absolute atomic E-state index is 0.112. The van der Waals surface area contributed by atoms with Crippen LogP contribution in [0.3, 0.4) is 0 Å². The Morgan fingerprint density at radius 2 is 1.88 bits per heavy atom. The van der Waals surface area contributed by atoms with E-state index in [1.165, 1.54) is 0 Å². The molecular formula is C25H31N3O4. The molecule has 0 N–H and O–H groups in total. The van der Waals surface area contributed by atoms with Gasteiger partial charge in [-0.1, -0.05) is 36.4 Å². The van der Waals surface area contributed by atoms with E-state index in [4.69, 9.17) is 14.2 Å². The highest BCUT2D eigenvalue weighted by molar-refractivity contribution is 5.68. The number of aromatic nitrogens is 1. The lowest BCUT2D eigenvalue weighted by molar-refractivity contribution is -0.0787. The number of rotatable bonds is 5. The van der Waals surface area contributed by atoms with Gasteiger partial charge in [0.05, 0.1) is 19.8 Å². The van der Waals surface area contributed by atoms with Crippen LogP contribution >= 0.6 is 0 Å². The van der Waals surface area contributed by atoms with Crippen molar-refractivity contribution in [2.45, 2.75) is 44.1 Å². The average molecular weight is 438 g/mol. The number of hydrogen-bond acceptors (Lipinski definition) is 6. The summed E-state index contributed by atoms with van der Waals surface area (Å²) in [5.41, 5.74) is 0.994. The van der Waals surface area contributed by atoms with Gasteiger partial charge in [0.25, 0.3) is 0 Å². The zero-order chi connectivity index (χ0) is 21.8. The van der Waals surface area contributed by atoms with E-state index in [-0.39, 0.29) is 24.8 Å². The van der Waals surface area contributed by atoms with Gasteiger partial charge in [-0.25, -0.2) is 9.78 Å². The van der Waals surface area contributed by atoms with E-state index in [2.05, 4.69) is 9.88 Å². The normalized spacial score (nSPS) is 28.2. The van der Waals surface area contributed by atoms with Crippen LogP contribution in [0.5, 0.6) is 5.88 Å². The largest absolute Gasteiger partial charge is 0.472 e. The van der Waals surface area contributed by atoms with Crippen molar-refractivity contribution in [2.75, 3.05) is 32.8 Å². The fraction of sp³-hybridized carbons (Fsp3) is 0.520. The van der Waals surface area contributed by atoms with Gasteiger partial charge >= 0.3 is 6.09 Å². The molecule has 2 aliphatic heterocycles. The Morgan fingerprint density at radius 1 is 1.06 bits per heavy atom. The van der Waals surface area contributed by atoms with Crippen LogP contribution in [0.1, 0.15) is 24.8 Å². The number of likely N-dealkylation sites (tertiary alicyclic amines) is 1. The third-order valence-corrected chi connectivity index (χ3v) is 6.99. The second-order valence-corrected chi connectivity index (χ2v) is 8.86. The van der Waals surface area contributed by atoms with Crippen LogP contribution in [0.2, 0.25) is 0 Å². The fourth-order valence-electron chi connectivity index (χ4n) is 5.41. The minimum Gasteiger partial charge on any atom is -0.472 e. The molecule has 0 spiro atoms. The van der Waals surface area contributed by atoms with E-state index in [0.29, 0.717) is 24.4 Å². The number of benzene rings is 1. The maximum Gasteiger partial charge on any atom is 0.410 e. The Hall–Kier alpha value is -2.64. The van der Waals surface area contributed by atoms with Crippen molar-refractivity contribution in [1.82, 2.24) is 14.8 Å². The monoisotopic (exact) mass is 437 g/mol. The Balaban J connectivity index is 1.31. The molecule has 2 aromatic rings. The number of morpholine rings is 1. The number of piperidine rings is 1. The maximum absolute atomic E-state index is 13.1. The zero-order valence-corrected chi connectivity index (χ0v) is 18.3. The number of carbonyl (C=O) groups is 1. The van der Waals surface area contributed by atoms with E-state index in [1.54, 1.807) is 6.20 Å². The van der Waals surface area contributed by atoms with Crippen LogP contribution in [-0.4, -0.2) is 71.9 Å². The number of nitrogens with zero attached hydrogens (tertiary/aromatic N) is 3. The maximum atomic E-state index is 13.1. The van der Waals surface area contributed by atoms with Crippen LogP contribution in [0.4, 0.5) is 4.79 Å². The Labute approximate surface area is 189 Å². The lowest BCUT2D eigenvalue weighted by Gasteiger charge is -2.52. The highest BCUT2D eigenvalue weighted by Crippen LogP contribution is 2.39. The first-order valence-corrected chi connectivity index (χ1v) is 11.6. The lowest BCUT2D eigenvalue weighted by atomic mass is 9.74. The van der Waals surface area contributed by atoms with Crippen molar-refractivity contribution < 1.29 is 19.0 Å². The van der Waals surface area contributed by atoms with Crippen molar-refractivity contribution in [3.63, 3.8) is 0 Å². The van der Waals surface area contributed by atoms with Crippen molar-refractivity contribution >= 4 is 6.09 Å². The molecule has 2 saturated heterocycles. The molecule has 32 heavy (non-hydrogen) atoms. The topological polar surface area (TPSA) is 64.1 Å². The molecule has 1 aliphatic carbocycles. The molecule has 1 aromatic carbocycles. The quantitative estimate of drug-likeness (QED) is 0.715. The van der Waals surface area contributed by atoms with Crippen molar-refractivity contribution in [2.24, 2.45) is 5.92 Å². The van der Waals surface area contributed by atoms with Gasteiger partial charge in [-0.3, -0.25) is 4.90 Å². The number of amides is 1. The summed E-state index contributed by atoms with van der Waals surface area (Å²) >= 11 is 0. The molecule has 1 amide bonds. The smallest absolute Gasteiger partial charge is 0.410 e. The molecule has 3 aliphatic rings. The summed E-state index contributed by atoms with van der Waals surface area (Å²) in [6.45, 7) is 4.32. The molecular weight excluding hydrogens is 406 g/mol. The van der Waals surface area contributed by atoms with Crippen molar-refractivity contribution in [3.05, 3.63) is 60.3 Å². The number of fused-ring (bicyclic) bond motifs is 2. The van der Waals surface area contributed by atoms with Gasteiger partial charge in [-0.05, 0) is 30.9 Å². The Morgan fingerprint density at radius 3 is 2.66 bits per heavy atom. The zero-order valence-electron chi connectivity index (χ0n) is 18.3. The van der Waals surface area contributed by atoms with Gasteiger partial charge in [0.2, 0.25) is 5.88 Å². The summed E-state index contributed by atoms with van der Waals surface area (Å²) in [4.78, 5) is 21.9. The first kappa shape index (κ1) is 21.2. The van der Waals surface area contributed by atoms with Crippen LogP contribution in [-0.2, 0) is 16.1 Å². The summed E-state index contributed by atoms with van der Waals surface area (Å²) in [6, 6.07) is 16.2. The minimum atomic E-state index is -0.253. The number of hydrogen-bond donors (Lipinski definition) is 0. The average Bonchev–Trinajstić information content (AvgIpc) is 2.86. The van der Waals surface area contributed by atoms with Gasteiger partial charge in [-0.15, -0.1) is 0 Å². The first-order chi connectivity index (χ1) is 15.8. The van der Waals surface area contributed by atoms with Gasteiger partial charge in [0.15, 0.2) is 0 Å². The summed E-state index contributed by atoms with van der Waals surface area (Å²) in [5.74, 6) is 0.965. The van der Waals surface area contributed by atoms with E-state index in [1.807, 2.05) is 53.4 Å². The standard InChI is InChI=1S/C25H31N3O4/c29-25(31-18-19-6-2-1-3-7-19)28-17-23(32-24-8-4-5-11-26-24)21-16-20(28)9-10-22(21)27-12-14-30-15-13-27/h1-8,11,20-23H,9-10,12-18H2/t20-,21-,22+,23-/m0/s1. The lowest BCUT2D eigenvalue weighted by Crippen LogP contribution is -2.63. The molecule has 4 atom stereocenters. The van der Waals surface area contributed by atoms with Gasteiger partial charge in [0.1, 0.15) is 12.7 Å². The SMILES string of the molecule is O=C(OCc1ccccc1)N1C[C@H](Oc2ccccn2)[C@H]2C[C@@H]1CC[C@H]2N1CCOCC1. The molecule has 1 saturated carbocycles. The van der Waals surface area contributed by atoms with Gasteiger partial charge in [0, 0.05) is 43.4 Å². The molecule has 0 radical (unpaired) electrons. The summed E-state index contributed by atoms with van der Waals surface area (Å²) in [5, 5.41) is 0. The highest BCUT2D eigenvalue weighted by atomic mass is 16.6. The third kappa shape index (κ3) is 4.74. The molecule has 170 valence electrons. The van der Waals surface area contributed by atoms with Gasteiger partial charge < -0.3 is 19.1 Å². The number of carbonyl (C=O) groups excluding carboxylic acids is 1. The molecule has 3 heterocycles. The Kier molecular flexibility index (Phi) is 6.55. The van der Waals surface area contributed by atoms with E-state index < -0.39 is 0 Å². The van der Waals surface area contributed by atoms with E-state index in [0.717, 1.165) is 51.1 Å². The molecule has 1 aromatic heterocycles. The first-order valence-electron chi connectivity index (χ1n) is 11.6. The highest BCUT2D eigenvalue weighted by Gasteiger charge is 2.48. The summed E-state index contributed by atoms with van der Waals surface area (Å²) in [7, 11) is 0. The number of pyridine rings is 1. The predicted octanol–water partition coefficient (Wildman–Crippen LogP) is 3.35. The van der Waals surface area contributed by atoms with Crippen molar-refractivity contribution in [1.29, 1.82) is 0 Å². The molecule has 7 heteroatoms. The summed E-state index contributed by atoms with van der Waals surface area (Å²) in [6.07, 6.45) is 4.36. The molecule has 7 nitrogen and oxygen atoms in total. The molecule has 3 fully saturated rings. The van der Waals surface area contributed by atoms with Crippen LogP contribution in [0, 0.1) is 5.92 Å². The van der Waals surface area contributed by atoms with Crippen LogP contribution < -0.4 is 4.74 Å². The van der Waals surface area contributed by atoms with E-state index in [9.17, 15) is 4.79 Å². The van der Waals surface area contributed by atoms with Crippen LogP contribution in [0.25, 0.3) is 0 Å². The van der Waals surface area contributed by atoms with Gasteiger partial charge in [-0.2, -0.15) is 0 Å². The Bertz CT molecular complexity index is 875. The predicted molar refractivity (Wildman–Crippen MR) is 119 cm³/mol. The molecule has 5 rings (SSSR count). The number of ether oxygens (including phenoxy) is 3.